The molecule has 0 saturated heterocycles. The summed E-state index contributed by atoms with van der Waals surface area (Å²) >= 11 is 0. The molecule has 2 amide bonds. The van der Waals surface area contributed by atoms with Gasteiger partial charge in [0.25, 0.3) is 0 Å². The fraction of sp³-hybridized carbons (Fsp3) is 0.529. The van der Waals surface area contributed by atoms with Crippen molar-refractivity contribution in [1.29, 1.82) is 0 Å². The van der Waals surface area contributed by atoms with Crippen LogP contribution in [-0.2, 0) is 9.53 Å². The van der Waals surface area contributed by atoms with Gasteiger partial charge in [-0.05, 0) is 26.2 Å². The van der Waals surface area contributed by atoms with Crippen molar-refractivity contribution in [1.82, 2.24) is 10.2 Å². The van der Waals surface area contributed by atoms with E-state index in [1.165, 1.54) is 0 Å². The van der Waals surface area contributed by atoms with Crippen molar-refractivity contribution >= 4 is 12.0 Å². The molecule has 23 heavy (non-hydrogen) atoms. The maximum absolute atomic E-state index is 12.2. The van der Waals surface area contributed by atoms with Gasteiger partial charge < -0.3 is 20.1 Å². The van der Waals surface area contributed by atoms with Crippen LogP contribution in [0.3, 0.4) is 0 Å². The van der Waals surface area contributed by atoms with Crippen LogP contribution in [0.15, 0.2) is 37.0 Å². The molecular weight excluding hydrogens is 296 g/mol. The standard InChI is InChI=1S/C17H26N2O4/c1-3-5-6-7-8-13-23-14-12-19(4-2)16(22)18-17(15(20)21)10-9-11-17/h3,5-8H,1,4,9-14H2,2H3,(H,18,22)(H,20,21)/b6-5-,8-7+. The predicted octanol–water partition coefficient (Wildman–Crippen LogP) is 2.34. The summed E-state index contributed by atoms with van der Waals surface area (Å²) in [5.41, 5.74) is -1.08. The highest BCUT2D eigenvalue weighted by molar-refractivity contribution is 5.87. The number of carbonyl (C=O) groups excluding carboxylic acids is 1. The summed E-state index contributed by atoms with van der Waals surface area (Å²) < 4.78 is 5.43. The molecule has 6 nitrogen and oxygen atoms in total. The molecule has 0 radical (unpaired) electrons. The normalized spacial score (nSPS) is 16.2. The molecule has 2 N–H and O–H groups in total. The van der Waals surface area contributed by atoms with Gasteiger partial charge in [0.05, 0.1) is 13.2 Å². The average Bonchev–Trinajstić information content (AvgIpc) is 2.49. The molecule has 128 valence electrons. The average molecular weight is 322 g/mol. The number of carbonyl (C=O) groups is 2. The van der Waals surface area contributed by atoms with Crippen LogP contribution in [0.5, 0.6) is 0 Å². The van der Waals surface area contributed by atoms with E-state index in [4.69, 9.17) is 4.74 Å². The number of ether oxygens (including phenoxy) is 1. The fourth-order valence-electron chi connectivity index (χ4n) is 2.21. The number of amides is 2. The summed E-state index contributed by atoms with van der Waals surface area (Å²) in [4.78, 5) is 25.0. The minimum Gasteiger partial charge on any atom is -0.480 e. The lowest BCUT2D eigenvalue weighted by Crippen LogP contribution is -2.61. The van der Waals surface area contributed by atoms with Crippen LogP contribution in [0.1, 0.15) is 26.2 Å². The first kappa shape index (κ1) is 19.0. The van der Waals surface area contributed by atoms with Crippen molar-refractivity contribution in [2.24, 2.45) is 0 Å². The maximum Gasteiger partial charge on any atom is 0.329 e. The van der Waals surface area contributed by atoms with Crippen molar-refractivity contribution in [2.75, 3.05) is 26.3 Å². The van der Waals surface area contributed by atoms with Crippen molar-refractivity contribution in [3.05, 3.63) is 37.0 Å². The van der Waals surface area contributed by atoms with Gasteiger partial charge in [-0.3, -0.25) is 0 Å². The molecule has 1 rings (SSSR count). The van der Waals surface area contributed by atoms with Crippen LogP contribution in [0, 0.1) is 0 Å². The summed E-state index contributed by atoms with van der Waals surface area (Å²) in [7, 11) is 0. The molecular formula is C17H26N2O4. The lowest BCUT2D eigenvalue weighted by atomic mass is 9.77. The molecule has 0 aromatic carbocycles. The number of carboxylic acid groups (broad SMARTS) is 1. The monoisotopic (exact) mass is 322 g/mol. The number of allylic oxidation sites excluding steroid dienone is 4. The van der Waals surface area contributed by atoms with E-state index in [2.05, 4.69) is 11.9 Å². The molecule has 1 saturated carbocycles. The number of nitrogens with one attached hydrogen (secondary N) is 1. The minimum absolute atomic E-state index is 0.345. The lowest BCUT2D eigenvalue weighted by molar-refractivity contribution is -0.148. The van der Waals surface area contributed by atoms with E-state index >= 15 is 0 Å². The summed E-state index contributed by atoms with van der Waals surface area (Å²) in [6, 6.07) is -0.345. The molecule has 1 aliphatic rings. The first-order chi connectivity index (χ1) is 11.1. The van der Waals surface area contributed by atoms with Crippen LogP contribution in [-0.4, -0.2) is 53.8 Å². The van der Waals surface area contributed by atoms with Crippen LogP contribution in [0.4, 0.5) is 4.79 Å². The van der Waals surface area contributed by atoms with Gasteiger partial charge in [0.1, 0.15) is 5.54 Å². The summed E-state index contributed by atoms with van der Waals surface area (Å²) in [6.07, 6.45) is 10.9. The second kappa shape index (κ2) is 9.84. The second-order valence-corrected chi connectivity index (χ2v) is 5.37. The molecule has 6 heteroatoms. The molecule has 1 aliphatic carbocycles. The third-order valence-electron chi connectivity index (χ3n) is 3.85. The Kier molecular flexibility index (Phi) is 8.11. The second-order valence-electron chi connectivity index (χ2n) is 5.37. The third kappa shape index (κ3) is 5.90. The van der Waals surface area contributed by atoms with E-state index in [0.29, 0.717) is 39.1 Å². The molecule has 1 fully saturated rings. The van der Waals surface area contributed by atoms with Gasteiger partial charge in [-0.1, -0.05) is 37.0 Å². The smallest absolute Gasteiger partial charge is 0.329 e. The Hall–Kier alpha value is -2.08. The van der Waals surface area contributed by atoms with E-state index in [1.807, 2.05) is 31.2 Å². The van der Waals surface area contributed by atoms with Crippen molar-refractivity contribution in [3.8, 4) is 0 Å². The van der Waals surface area contributed by atoms with Crippen LogP contribution in [0.25, 0.3) is 0 Å². The molecule has 0 unspecified atom stereocenters. The van der Waals surface area contributed by atoms with Gasteiger partial charge in [-0.2, -0.15) is 0 Å². The van der Waals surface area contributed by atoms with Gasteiger partial charge >= 0.3 is 12.0 Å². The van der Waals surface area contributed by atoms with Crippen molar-refractivity contribution in [2.45, 2.75) is 31.7 Å². The largest absolute Gasteiger partial charge is 0.480 e. The molecule has 0 aromatic rings. The molecule has 0 aliphatic heterocycles. The van der Waals surface area contributed by atoms with Crippen molar-refractivity contribution < 1.29 is 19.4 Å². The first-order valence-electron chi connectivity index (χ1n) is 7.88. The quantitative estimate of drug-likeness (QED) is 0.478. The zero-order valence-electron chi connectivity index (χ0n) is 13.7. The molecule has 0 spiro atoms. The van der Waals surface area contributed by atoms with Crippen LogP contribution < -0.4 is 5.32 Å². The molecule has 0 atom stereocenters. The number of carboxylic acids is 1. The number of hydrogen-bond acceptors (Lipinski definition) is 3. The highest BCUT2D eigenvalue weighted by Crippen LogP contribution is 2.32. The predicted molar refractivity (Wildman–Crippen MR) is 89.3 cm³/mol. The Labute approximate surface area is 137 Å². The van der Waals surface area contributed by atoms with Crippen LogP contribution in [0.2, 0.25) is 0 Å². The zero-order valence-corrected chi connectivity index (χ0v) is 13.7. The Morgan fingerprint density at radius 1 is 1.35 bits per heavy atom. The fourth-order valence-corrected chi connectivity index (χ4v) is 2.21. The van der Waals surface area contributed by atoms with Gasteiger partial charge in [0, 0.05) is 13.1 Å². The Bertz CT molecular complexity index is 467. The molecule has 0 heterocycles. The Morgan fingerprint density at radius 3 is 2.61 bits per heavy atom. The maximum atomic E-state index is 12.2. The van der Waals surface area contributed by atoms with Gasteiger partial charge in [-0.15, -0.1) is 0 Å². The number of nitrogens with zero attached hydrogens (tertiary/aromatic N) is 1. The SMILES string of the molecule is C=C/C=C\C=C\COCCN(CC)C(=O)NC1(C(=O)O)CCC1. The third-order valence-corrected chi connectivity index (χ3v) is 3.85. The number of rotatable bonds is 10. The Balaban J connectivity index is 2.31. The molecule has 0 bridgehead atoms. The van der Waals surface area contributed by atoms with Crippen LogP contribution >= 0.6 is 0 Å². The van der Waals surface area contributed by atoms with E-state index in [9.17, 15) is 14.7 Å². The summed E-state index contributed by atoms with van der Waals surface area (Å²) in [5, 5.41) is 11.9. The summed E-state index contributed by atoms with van der Waals surface area (Å²) in [5.74, 6) is -0.956. The lowest BCUT2D eigenvalue weighted by Gasteiger charge is -2.39. The van der Waals surface area contributed by atoms with E-state index < -0.39 is 11.5 Å². The van der Waals surface area contributed by atoms with Gasteiger partial charge in [0.15, 0.2) is 0 Å². The number of likely N-dealkylation sites (N-methyl/N-ethyl adjacent to an activating group) is 1. The molecule has 0 aromatic heterocycles. The zero-order chi connectivity index (χ0) is 17.1. The van der Waals surface area contributed by atoms with E-state index in [0.717, 1.165) is 6.42 Å². The van der Waals surface area contributed by atoms with Crippen molar-refractivity contribution in [3.63, 3.8) is 0 Å². The van der Waals surface area contributed by atoms with Gasteiger partial charge in [0.2, 0.25) is 0 Å². The number of aliphatic carboxylic acids is 1. The highest BCUT2D eigenvalue weighted by atomic mass is 16.5. The summed E-state index contributed by atoms with van der Waals surface area (Å²) in [6.45, 7) is 7.21. The number of hydrogen-bond donors (Lipinski definition) is 2. The minimum atomic E-state index is -1.08. The van der Waals surface area contributed by atoms with E-state index in [-0.39, 0.29) is 6.03 Å². The number of urea groups is 1. The van der Waals surface area contributed by atoms with Gasteiger partial charge in [-0.25, -0.2) is 9.59 Å². The topological polar surface area (TPSA) is 78.9 Å². The Morgan fingerprint density at radius 2 is 2.09 bits per heavy atom. The highest BCUT2D eigenvalue weighted by Gasteiger charge is 2.46. The van der Waals surface area contributed by atoms with E-state index in [1.54, 1.807) is 11.0 Å². The first-order valence-corrected chi connectivity index (χ1v) is 7.88.